The summed E-state index contributed by atoms with van der Waals surface area (Å²) in [4.78, 5) is 0. The summed E-state index contributed by atoms with van der Waals surface area (Å²) >= 11 is 0. The summed E-state index contributed by atoms with van der Waals surface area (Å²) in [5, 5.41) is 10.2. The van der Waals surface area contributed by atoms with E-state index in [0.29, 0.717) is 5.92 Å². The lowest BCUT2D eigenvalue weighted by atomic mass is 9.95. The number of aliphatic hydroxyl groups excluding tert-OH is 1. The van der Waals surface area contributed by atoms with Crippen LogP contribution in [-0.2, 0) is 12.8 Å². The van der Waals surface area contributed by atoms with Crippen molar-refractivity contribution in [2.45, 2.75) is 59.5 Å². The first-order valence-corrected chi connectivity index (χ1v) is 6.88. The standard InChI is InChI=1S/C16H26O/c1-5-13-8-9-15(11-14(13)6-2)16(17)10-7-12(3)4/h8-9,11-12,16-17H,5-7,10H2,1-4H3. The van der Waals surface area contributed by atoms with Crippen LogP contribution < -0.4 is 0 Å². The predicted molar refractivity (Wildman–Crippen MR) is 74.2 cm³/mol. The second kappa shape index (κ2) is 6.80. The average Bonchev–Trinajstić information content (AvgIpc) is 2.34. The maximum atomic E-state index is 10.2. The van der Waals surface area contributed by atoms with E-state index in [2.05, 4.69) is 45.9 Å². The molecule has 0 radical (unpaired) electrons. The zero-order valence-corrected chi connectivity index (χ0v) is 11.7. The molecule has 0 heterocycles. The number of hydrogen-bond acceptors (Lipinski definition) is 1. The number of rotatable bonds is 6. The molecule has 0 fully saturated rings. The molecule has 1 N–H and O–H groups in total. The van der Waals surface area contributed by atoms with E-state index in [0.717, 1.165) is 31.2 Å². The van der Waals surface area contributed by atoms with Gasteiger partial charge in [-0.15, -0.1) is 0 Å². The highest BCUT2D eigenvalue weighted by atomic mass is 16.3. The minimum absolute atomic E-state index is 0.298. The lowest BCUT2D eigenvalue weighted by Crippen LogP contribution is -2.02. The summed E-state index contributed by atoms with van der Waals surface area (Å²) in [6.07, 6.45) is 3.78. The largest absolute Gasteiger partial charge is 0.388 e. The second-order valence-electron chi connectivity index (χ2n) is 5.22. The van der Waals surface area contributed by atoms with Gasteiger partial charge in [0.05, 0.1) is 6.10 Å². The third-order valence-electron chi connectivity index (χ3n) is 3.39. The number of aliphatic hydroxyl groups is 1. The van der Waals surface area contributed by atoms with Gasteiger partial charge in [-0.2, -0.15) is 0 Å². The first-order valence-electron chi connectivity index (χ1n) is 6.88. The molecule has 0 aliphatic heterocycles. The third kappa shape index (κ3) is 4.16. The maximum absolute atomic E-state index is 10.2. The predicted octanol–water partition coefficient (Wildman–Crippen LogP) is 4.28. The molecule has 0 saturated heterocycles. The van der Waals surface area contributed by atoms with Gasteiger partial charge < -0.3 is 5.11 Å². The van der Waals surface area contributed by atoms with Gasteiger partial charge in [0.15, 0.2) is 0 Å². The van der Waals surface area contributed by atoms with Crippen molar-refractivity contribution in [3.8, 4) is 0 Å². The highest BCUT2D eigenvalue weighted by Crippen LogP contribution is 2.23. The monoisotopic (exact) mass is 234 g/mol. The molecule has 0 aliphatic carbocycles. The highest BCUT2D eigenvalue weighted by molar-refractivity contribution is 5.33. The molecule has 1 atom stereocenters. The summed E-state index contributed by atoms with van der Waals surface area (Å²) in [6, 6.07) is 6.44. The highest BCUT2D eigenvalue weighted by Gasteiger charge is 2.10. The van der Waals surface area contributed by atoms with Crippen LogP contribution in [0, 0.1) is 5.92 Å². The van der Waals surface area contributed by atoms with Crippen LogP contribution in [0.2, 0.25) is 0 Å². The van der Waals surface area contributed by atoms with Crippen molar-refractivity contribution >= 4 is 0 Å². The Bertz CT molecular complexity index is 341. The van der Waals surface area contributed by atoms with Gasteiger partial charge in [-0.05, 0) is 48.3 Å². The van der Waals surface area contributed by atoms with Crippen molar-refractivity contribution < 1.29 is 5.11 Å². The van der Waals surface area contributed by atoms with Crippen molar-refractivity contribution in [2.24, 2.45) is 5.92 Å². The molecule has 0 amide bonds. The fourth-order valence-electron chi connectivity index (χ4n) is 2.19. The molecule has 0 aromatic heterocycles. The van der Waals surface area contributed by atoms with Crippen LogP contribution >= 0.6 is 0 Å². The molecule has 17 heavy (non-hydrogen) atoms. The van der Waals surface area contributed by atoms with Crippen LogP contribution in [0.25, 0.3) is 0 Å². The minimum Gasteiger partial charge on any atom is -0.388 e. The molecule has 1 heteroatoms. The molecular weight excluding hydrogens is 208 g/mol. The van der Waals surface area contributed by atoms with Gasteiger partial charge in [0.2, 0.25) is 0 Å². The van der Waals surface area contributed by atoms with Crippen molar-refractivity contribution in [3.63, 3.8) is 0 Å². The molecule has 1 nitrogen and oxygen atoms in total. The second-order valence-corrected chi connectivity index (χ2v) is 5.22. The summed E-state index contributed by atoms with van der Waals surface area (Å²) in [6.45, 7) is 8.76. The van der Waals surface area contributed by atoms with E-state index in [-0.39, 0.29) is 6.10 Å². The quantitative estimate of drug-likeness (QED) is 0.779. The van der Waals surface area contributed by atoms with Crippen molar-refractivity contribution in [2.75, 3.05) is 0 Å². The molecule has 1 unspecified atom stereocenters. The van der Waals surface area contributed by atoms with E-state index in [1.807, 2.05) is 0 Å². The minimum atomic E-state index is -0.298. The van der Waals surface area contributed by atoms with Crippen LogP contribution in [0.5, 0.6) is 0 Å². The van der Waals surface area contributed by atoms with E-state index < -0.39 is 0 Å². The molecule has 0 spiro atoms. The molecule has 1 aromatic carbocycles. The van der Waals surface area contributed by atoms with Crippen LogP contribution in [0.3, 0.4) is 0 Å². The lowest BCUT2D eigenvalue weighted by molar-refractivity contribution is 0.159. The van der Waals surface area contributed by atoms with Gasteiger partial charge >= 0.3 is 0 Å². The van der Waals surface area contributed by atoms with E-state index in [4.69, 9.17) is 0 Å². The van der Waals surface area contributed by atoms with E-state index in [1.165, 1.54) is 11.1 Å². The van der Waals surface area contributed by atoms with Gasteiger partial charge in [0, 0.05) is 0 Å². The van der Waals surface area contributed by atoms with Crippen LogP contribution in [0.1, 0.15) is 63.3 Å². The Labute approximate surface area is 106 Å². The van der Waals surface area contributed by atoms with E-state index in [1.54, 1.807) is 0 Å². The molecule has 0 saturated carbocycles. The van der Waals surface area contributed by atoms with Gasteiger partial charge in [0.25, 0.3) is 0 Å². The van der Waals surface area contributed by atoms with Crippen LogP contribution in [-0.4, -0.2) is 5.11 Å². The molecular formula is C16H26O. The molecule has 96 valence electrons. The van der Waals surface area contributed by atoms with Crippen molar-refractivity contribution in [1.82, 2.24) is 0 Å². The zero-order valence-electron chi connectivity index (χ0n) is 11.7. The van der Waals surface area contributed by atoms with E-state index >= 15 is 0 Å². The Hall–Kier alpha value is -0.820. The zero-order chi connectivity index (χ0) is 12.8. The van der Waals surface area contributed by atoms with Gasteiger partial charge in [-0.1, -0.05) is 45.9 Å². The van der Waals surface area contributed by atoms with Crippen molar-refractivity contribution in [3.05, 3.63) is 34.9 Å². The molecule has 0 aliphatic rings. The molecule has 0 bridgehead atoms. The smallest absolute Gasteiger partial charge is 0.0790 e. The summed E-state index contributed by atoms with van der Waals surface area (Å²) < 4.78 is 0. The first kappa shape index (κ1) is 14.2. The number of hydrogen-bond donors (Lipinski definition) is 1. The number of benzene rings is 1. The topological polar surface area (TPSA) is 20.2 Å². The Morgan fingerprint density at radius 2 is 1.65 bits per heavy atom. The van der Waals surface area contributed by atoms with E-state index in [9.17, 15) is 5.11 Å². The van der Waals surface area contributed by atoms with Crippen LogP contribution in [0.4, 0.5) is 0 Å². The average molecular weight is 234 g/mol. The Morgan fingerprint density at radius 3 is 2.18 bits per heavy atom. The lowest BCUT2D eigenvalue weighted by Gasteiger charge is -2.15. The fourth-order valence-corrected chi connectivity index (χ4v) is 2.19. The molecule has 1 rings (SSSR count). The summed E-state index contributed by atoms with van der Waals surface area (Å²) in [7, 11) is 0. The first-order chi connectivity index (χ1) is 8.08. The number of aryl methyl sites for hydroxylation is 2. The summed E-state index contributed by atoms with van der Waals surface area (Å²) in [5.41, 5.74) is 3.88. The Balaban J connectivity index is 2.77. The normalized spacial score (nSPS) is 13.1. The van der Waals surface area contributed by atoms with Crippen molar-refractivity contribution in [1.29, 1.82) is 0 Å². The summed E-state index contributed by atoms with van der Waals surface area (Å²) in [5.74, 6) is 0.658. The Morgan fingerprint density at radius 1 is 1.00 bits per heavy atom. The maximum Gasteiger partial charge on any atom is 0.0790 e. The van der Waals surface area contributed by atoms with Gasteiger partial charge in [-0.3, -0.25) is 0 Å². The fraction of sp³-hybridized carbons (Fsp3) is 0.625. The van der Waals surface area contributed by atoms with Crippen LogP contribution in [0.15, 0.2) is 18.2 Å². The SMILES string of the molecule is CCc1ccc(C(O)CCC(C)C)cc1CC. The molecule has 1 aromatic rings. The third-order valence-corrected chi connectivity index (χ3v) is 3.39. The van der Waals surface area contributed by atoms with Gasteiger partial charge in [0.1, 0.15) is 0 Å². The van der Waals surface area contributed by atoms with Gasteiger partial charge in [-0.25, -0.2) is 0 Å². The Kier molecular flexibility index (Phi) is 5.70.